The van der Waals surface area contributed by atoms with E-state index < -0.39 is 0 Å². The molecule has 4 nitrogen and oxygen atoms in total. The Hall–Kier alpha value is -0.230. The predicted octanol–water partition coefficient (Wildman–Crippen LogP) is 4.06. The van der Waals surface area contributed by atoms with E-state index in [1.54, 1.807) is 16.3 Å². The summed E-state index contributed by atoms with van der Waals surface area (Å²) in [5.74, 6) is 1.01. The summed E-state index contributed by atoms with van der Waals surface area (Å²) in [6.45, 7) is 7.28. The van der Waals surface area contributed by atoms with Crippen molar-refractivity contribution in [2.24, 2.45) is 5.41 Å². The van der Waals surface area contributed by atoms with E-state index in [1.807, 2.05) is 0 Å². The Bertz CT molecular complexity index is 438. The number of hydrogen-bond acceptors (Lipinski definition) is 3. The second-order valence-electron chi connectivity index (χ2n) is 5.39. The van der Waals surface area contributed by atoms with Gasteiger partial charge >= 0.3 is 5.69 Å². The molecule has 1 rings (SSSR count). The molecule has 1 aromatic heterocycles. The standard InChI is InChI=1S/C14H26BrN3OS/c1-4-7-14(10-15,8-5-2)11-20-13-17-16-12(19)18(13)9-6-3/h4-11H2,1-3H3,(H,16,19). The molecular weight excluding hydrogens is 338 g/mol. The monoisotopic (exact) mass is 363 g/mol. The van der Waals surface area contributed by atoms with Crippen LogP contribution in [-0.4, -0.2) is 25.8 Å². The summed E-state index contributed by atoms with van der Waals surface area (Å²) < 4.78 is 1.75. The highest BCUT2D eigenvalue weighted by Crippen LogP contribution is 2.37. The van der Waals surface area contributed by atoms with E-state index in [0.29, 0.717) is 5.41 Å². The first kappa shape index (κ1) is 17.8. The van der Waals surface area contributed by atoms with Crippen molar-refractivity contribution in [3.63, 3.8) is 0 Å². The van der Waals surface area contributed by atoms with E-state index in [9.17, 15) is 4.79 Å². The Morgan fingerprint density at radius 2 is 1.90 bits per heavy atom. The van der Waals surface area contributed by atoms with Gasteiger partial charge in [0.15, 0.2) is 5.16 Å². The molecule has 0 aromatic carbocycles. The van der Waals surface area contributed by atoms with Gasteiger partial charge in [-0.3, -0.25) is 4.57 Å². The highest BCUT2D eigenvalue weighted by Gasteiger charge is 2.28. The number of nitrogens with one attached hydrogen (secondary N) is 1. The first-order valence-corrected chi connectivity index (χ1v) is 9.57. The van der Waals surface area contributed by atoms with E-state index in [4.69, 9.17) is 0 Å². The van der Waals surface area contributed by atoms with Gasteiger partial charge < -0.3 is 0 Å². The summed E-state index contributed by atoms with van der Waals surface area (Å²) in [5, 5.41) is 8.57. The van der Waals surface area contributed by atoms with Crippen LogP contribution < -0.4 is 5.69 Å². The van der Waals surface area contributed by atoms with Gasteiger partial charge in [0, 0.05) is 17.6 Å². The SMILES string of the molecule is CCCn1c(SCC(CBr)(CCC)CCC)n[nH]c1=O. The van der Waals surface area contributed by atoms with Crippen LogP contribution in [0.1, 0.15) is 52.9 Å². The van der Waals surface area contributed by atoms with Crippen molar-refractivity contribution in [1.29, 1.82) is 0 Å². The van der Waals surface area contributed by atoms with Crippen LogP contribution in [0.3, 0.4) is 0 Å². The third kappa shape index (κ3) is 4.65. The smallest absolute Gasteiger partial charge is 0.270 e. The van der Waals surface area contributed by atoms with Gasteiger partial charge in [0.25, 0.3) is 0 Å². The van der Waals surface area contributed by atoms with Crippen molar-refractivity contribution in [3.8, 4) is 0 Å². The van der Waals surface area contributed by atoms with Gasteiger partial charge in [-0.1, -0.05) is 61.3 Å². The highest BCUT2D eigenvalue weighted by molar-refractivity contribution is 9.09. The Kier molecular flexibility index (Phi) is 7.95. The van der Waals surface area contributed by atoms with Gasteiger partial charge in [-0.05, 0) is 24.7 Å². The van der Waals surface area contributed by atoms with E-state index >= 15 is 0 Å². The van der Waals surface area contributed by atoms with Gasteiger partial charge in [0.1, 0.15) is 0 Å². The van der Waals surface area contributed by atoms with E-state index in [2.05, 4.69) is 46.9 Å². The molecule has 0 aliphatic heterocycles. The molecule has 1 aromatic rings. The topological polar surface area (TPSA) is 50.7 Å². The molecule has 0 spiro atoms. The van der Waals surface area contributed by atoms with Crippen LogP contribution in [0.15, 0.2) is 9.95 Å². The number of hydrogen-bond donors (Lipinski definition) is 1. The Morgan fingerprint density at radius 3 is 2.40 bits per heavy atom. The van der Waals surface area contributed by atoms with E-state index in [0.717, 1.165) is 29.2 Å². The molecule has 0 saturated heterocycles. The van der Waals surface area contributed by atoms with Crippen LogP contribution >= 0.6 is 27.7 Å². The molecule has 6 heteroatoms. The lowest BCUT2D eigenvalue weighted by Crippen LogP contribution is -2.26. The van der Waals surface area contributed by atoms with Crippen LogP contribution in [0.5, 0.6) is 0 Å². The third-order valence-electron chi connectivity index (χ3n) is 3.52. The highest BCUT2D eigenvalue weighted by atomic mass is 79.9. The largest absolute Gasteiger partial charge is 0.343 e. The van der Waals surface area contributed by atoms with Gasteiger partial charge in [0.05, 0.1) is 0 Å². The molecule has 0 radical (unpaired) electrons. The lowest BCUT2D eigenvalue weighted by molar-refractivity contribution is 0.319. The molecule has 0 fully saturated rings. The summed E-state index contributed by atoms with van der Waals surface area (Å²) in [7, 11) is 0. The minimum atomic E-state index is -0.0928. The van der Waals surface area contributed by atoms with Crippen molar-refractivity contribution in [2.75, 3.05) is 11.1 Å². The summed E-state index contributed by atoms with van der Waals surface area (Å²) >= 11 is 5.40. The zero-order valence-electron chi connectivity index (χ0n) is 12.7. The zero-order valence-corrected chi connectivity index (χ0v) is 15.1. The predicted molar refractivity (Wildman–Crippen MR) is 89.9 cm³/mol. The van der Waals surface area contributed by atoms with E-state index in [1.165, 1.54) is 25.7 Å². The van der Waals surface area contributed by atoms with Crippen molar-refractivity contribution in [3.05, 3.63) is 10.5 Å². The molecule has 0 unspecified atom stereocenters. The lowest BCUT2D eigenvalue weighted by Gasteiger charge is -2.31. The quantitative estimate of drug-likeness (QED) is 0.503. The number of aromatic nitrogens is 3. The summed E-state index contributed by atoms with van der Waals surface area (Å²) in [4.78, 5) is 11.7. The number of nitrogens with zero attached hydrogens (tertiary/aromatic N) is 2. The molecule has 0 bridgehead atoms. The van der Waals surface area contributed by atoms with Crippen LogP contribution in [0.4, 0.5) is 0 Å². The van der Waals surface area contributed by atoms with Gasteiger partial charge in [-0.15, -0.1) is 5.10 Å². The van der Waals surface area contributed by atoms with Gasteiger partial charge in [0.2, 0.25) is 0 Å². The van der Waals surface area contributed by atoms with Crippen molar-refractivity contribution >= 4 is 27.7 Å². The van der Waals surface area contributed by atoms with Crippen LogP contribution in [-0.2, 0) is 6.54 Å². The maximum absolute atomic E-state index is 11.7. The molecule has 0 saturated carbocycles. The molecule has 0 aliphatic rings. The normalized spacial score (nSPS) is 12.0. The fourth-order valence-corrected chi connectivity index (χ4v) is 4.84. The van der Waals surface area contributed by atoms with E-state index in [-0.39, 0.29) is 5.69 Å². The number of alkyl halides is 1. The van der Waals surface area contributed by atoms with Crippen LogP contribution in [0.25, 0.3) is 0 Å². The first-order chi connectivity index (χ1) is 9.62. The summed E-state index contributed by atoms with van der Waals surface area (Å²) in [5.41, 5.74) is 0.213. The van der Waals surface area contributed by atoms with Crippen LogP contribution in [0, 0.1) is 5.41 Å². The molecule has 0 amide bonds. The average Bonchev–Trinajstić information content (AvgIpc) is 2.78. The molecule has 0 atom stereocenters. The summed E-state index contributed by atoms with van der Waals surface area (Å²) in [6, 6.07) is 0. The molecule has 116 valence electrons. The van der Waals surface area contributed by atoms with Gasteiger partial charge in [-0.2, -0.15) is 0 Å². The van der Waals surface area contributed by atoms with Crippen molar-refractivity contribution < 1.29 is 0 Å². The number of halogens is 1. The Morgan fingerprint density at radius 1 is 1.25 bits per heavy atom. The second kappa shape index (κ2) is 8.93. The van der Waals surface area contributed by atoms with Crippen LogP contribution in [0.2, 0.25) is 0 Å². The molecule has 1 heterocycles. The molecule has 20 heavy (non-hydrogen) atoms. The van der Waals surface area contributed by atoms with Crippen molar-refractivity contribution in [2.45, 2.75) is 64.6 Å². The minimum Gasteiger partial charge on any atom is -0.270 e. The number of rotatable bonds is 10. The fraction of sp³-hybridized carbons (Fsp3) is 0.857. The molecular formula is C14H26BrN3OS. The Labute approximate surface area is 134 Å². The number of thioether (sulfide) groups is 1. The summed E-state index contributed by atoms with van der Waals surface area (Å²) in [6.07, 6.45) is 5.74. The Balaban J connectivity index is 2.79. The zero-order chi connectivity index (χ0) is 15.0. The minimum absolute atomic E-state index is 0.0928. The van der Waals surface area contributed by atoms with Gasteiger partial charge in [-0.25, -0.2) is 9.89 Å². The average molecular weight is 364 g/mol. The maximum Gasteiger partial charge on any atom is 0.343 e. The van der Waals surface area contributed by atoms with Crippen molar-refractivity contribution in [1.82, 2.24) is 14.8 Å². The maximum atomic E-state index is 11.7. The number of H-pyrrole nitrogens is 1. The first-order valence-electron chi connectivity index (χ1n) is 7.46. The molecule has 1 N–H and O–H groups in total. The third-order valence-corrected chi connectivity index (χ3v) is 6.04. The second-order valence-corrected chi connectivity index (χ2v) is 6.89. The molecule has 0 aliphatic carbocycles. The number of aromatic amines is 1. The lowest BCUT2D eigenvalue weighted by atomic mass is 9.83. The fourth-order valence-electron chi connectivity index (χ4n) is 2.55.